The Bertz CT molecular complexity index is 1060. The van der Waals surface area contributed by atoms with Crippen molar-refractivity contribution >= 4 is 40.0 Å². The first-order valence-corrected chi connectivity index (χ1v) is 10.9. The highest BCUT2D eigenvalue weighted by Crippen LogP contribution is 2.38. The van der Waals surface area contributed by atoms with Gasteiger partial charge in [0, 0.05) is 10.9 Å². The van der Waals surface area contributed by atoms with Crippen LogP contribution >= 0.6 is 11.3 Å². The average Bonchev–Trinajstić information content (AvgIpc) is 3.42. The maximum Gasteiger partial charge on any atom is 0.341 e. The quantitative estimate of drug-likeness (QED) is 0.418. The fourth-order valence-corrected chi connectivity index (χ4v) is 4.90. The fraction of sp³-hybridized carbons (Fsp3) is 0.364. The number of aryl methyl sites for hydroxylation is 1. The molecule has 4 rings (SSSR count). The van der Waals surface area contributed by atoms with E-state index in [0.29, 0.717) is 29.9 Å². The van der Waals surface area contributed by atoms with Crippen LogP contribution in [0.1, 0.15) is 35.9 Å². The Kier molecular flexibility index (Phi) is 5.77. The summed E-state index contributed by atoms with van der Waals surface area (Å²) in [4.78, 5) is 51.5. The molecule has 1 fully saturated rings. The van der Waals surface area contributed by atoms with E-state index in [0.717, 1.165) is 16.2 Å². The number of likely N-dealkylation sites (tertiary alicyclic amines) is 1. The van der Waals surface area contributed by atoms with Crippen molar-refractivity contribution in [2.24, 2.45) is 11.8 Å². The van der Waals surface area contributed by atoms with Gasteiger partial charge in [-0.2, -0.15) is 0 Å². The molecule has 0 bridgehead atoms. The van der Waals surface area contributed by atoms with Crippen LogP contribution in [0.25, 0.3) is 11.3 Å². The number of allylic oxidation sites excluding steroid dienone is 2. The van der Waals surface area contributed by atoms with Crippen molar-refractivity contribution in [1.82, 2.24) is 4.90 Å². The number of furan rings is 1. The molecule has 9 heteroatoms. The minimum absolute atomic E-state index is 0.173. The Labute approximate surface area is 182 Å². The number of esters is 1. The molecule has 2 aromatic rings. The smallest absolute Gasteiger partial charge is 0.341 e. The van der Waals surface area contributed by atoms with E-state index < -0.39 is 23.7 Å². The maximum absolute atomic E-state index is 12.7. The third kappa shape index (κ3) is 3.93. The van der Waals surface area contributed by atoms with Crippen LogP contribution in [0.5, 0.6) is 0 Å². The summed E-state index contributed by atoms with van der Waals surface area (Å²) >= 11 is 1.15. The van der Waals surface area contributed by atoms with Gasteiger partial charge in [0.25, 0.3) is 0 Å². The van der Waals surface area contributed by atoms with Crippen molar-refractivity contribution in [3.63, 3.8) is 0 Å². The molecule has 1 saturated heterocycles. The van der Waals surface area contributed by atoms with E-state index in [2.05, 4.69) is 5.32 Å². The summed E-state index contributed by atoms with van der Waals surface area (Å²) in [5.41, 5.74) is 0.698. The number of carbonyl (C=O) groups excluding carboxylic acids is 4. The van der Waals surface area contributed by atoms with E-state index in [9.17, 15) is 19.2 Å². The second-order valence-corrected chi connectivity index (χ2v) is 8.33. The number of imide groups is 1. The van der Waals surface area contributed by atoms with E-state index in [1.54, 1.807) is 31.4 Å². The SMILES string of the molecule is CCOC(=O)c1c(-c2ccc(C)o2)csc1NC(=O)CN1C(=O)[C@H]2CC=CC[C@@H]2C1=O. The zero-order chi connectivity index (χ0) is 22.1. The highest BCUT2D eigenvalue weighted by molar-refractivity contribution is 7.15. The number of amides is 3. The van der Waals surface area contributed by atoms with Gasteiger partial charge in [0.05, 0.1) is 18.4 Å². The molecule has 1 aliphatic heterocycles. The van der Waals surface area contributed by atoms with Crippen LogP contribution in [0, 0.1) is 18.8 Å². The molecule has 162 valence electrons. The van der Waals surface area contributed by atoms with Crippen LogP contribution in [-0.2, 0) is 19.1 Å². The number of nitrogens with zero attached hydrogens (tertiary/aromatic N) is 1. The number of rotatable bonds is 6. The first-order chi connectivity index (χ1) is 14.9. The summed E-state index contributed by atoms with van der Waals surface area (Å²) in [7, 11) is 0. The lowest BCUT2D eigenvalue weighted by Gasteiger charge is -2.14. The largest absolute Gasteiger partial charge is 0.462 e. The summed E-state index contributed by atoms with van der Waals surface area (Å²) < 4.78 is 10.8. The predicted molar refractivity (Wildman–Crippen MR) is 113 cm³/mol. The van der Waals surface area contributed by atoms with Crippen LogP contribution in [0.2, 0.25) is 0 Å². The van der Waals surface area contributed by atoms with Crippen molar-refractivity contribution < 1.29 is 28.3 Å². The number of thiophene rings is 1. The molecule has 0 spiro atoms. The summed E-state index contributed by atoms with van der Waals surface area (Å²) in [6.45, 7) is 3.27. The summed E-state index contributed by atoms with van der Waals surface area (Å²) in [5.74, 6) is -1.40. The minimum atomic E-state index is -0.589. The third-order valence-corrected chi connectivity index (χ3v) is 6.33. The Morgan fingerprint density at radius 2 is 1.87 bits per heavy atom. The molecule has 3 amide bonds. The van der Waals surface area contributed by atoms with Gasteiger partial charge in [-0.3, -0.25) is 19.3 Å². The molecule has 0 radical (unpaired) electrons. The average molecular weight is 442 g/mol. The number of nitrogens with one attached hydrogen (secondary N) is 1. The Balaban J connectivity index is 1.54. The molecule has 0 saturated carbocycles. The summed E-state index contributed by atoms with van der Waals surface area (Å²) in [6.07, 6.45) is 4.81. The van der Waals surface area contributed by atoms with Crippen molar-refractivity contribution in [3.8, 4) is 11.3 Å². The first kappa shape index (κ1) is 21.0. The van der Waals surface area contributed by atoms with Gasteiger partial charge in [0.2, 0.25) is 17.7 Å². The van der Waals surface area contributed by atoms with Crippen LogP contribution in [0.15, 0.2) is 34.1 Å². The molecular formula is C22H22N2O6S. The molecular weight excluding hydrogens is 420 g/mol. The Morgan fingerprint density at radius 1 is 1.19 bits per heavy atom. The van der Waals surface area contributed by atoms with E-state index in [1.165, 1.54) is 0 Å². The van der Waals surface area contributed by atoms with Crippen molar-refractivity contribution in [2.75, 3.05) is 18.5 Å². The molecule has 2 aromatic heterocycles. The fourth-order valence-electron chi connectivity index (χ4n) is 3.95. The molecule has 1 aliphatic carbocycles. The van der Waals surface area contributed by atoms with Gasteiger partial charge in [0.1, 0.15) is 28.6 Å². The minimum Gasteiger partial charge on any atom is -0.462 e. The first-order valence-electron chi connectivity index (χ1n) is 10.1. The summed E-state index contributed by atoms with van der Waals surface area (Å²) in [5, 5.41) is 4.66. The van der Waals surface area contributed by atoms with E-state index >= 15 is 0 Å². The molecule has 0 aromatic carbocycles. The van der Waals surface area contributed by atoms with Gasteiger partial charge in [-0.1, -0.05) is 12.2 Å². The number of hydrogen-bond acceptors (Lipinski definition) is 7. The molecule has 8 nitrogen and oxygen atoms in total. The molecule has 0 unspecified atom stereocenters. The van der Waals surface area contributed by atoms with Crippen LogP contribution < -0.4 is 5.32 Å². The zero-order valence-electron chi connectivity index (χ0n) is 17.2. The lowest BCUT2D eigenvalue weighted by atomic mass is 9.85. The van der Waals surface area contributed by atoms with E-state index in [-0.39, 0.29) is 35.5 Å². The third-order valence-electron chi connectivity index (χ3n) is 5.43. The van der Waals surface area contributed by atoms with Crippen molar-refractivity contribution in [1.29, 1.82) is 0 Å². The molecule has 3 heterocycles. The summed E-state index contributed by atoms with van der Waals surface area (Å²) in [6, 6.07) is 3.52. The van der Waals surface area contributed by atoms with Gasteiger partial charge in [0.15, 0.2) is 0 Å². The van der Waals surface area contributed by atoms with Crippen LogP contribution in [0.3, 0.4) is 0 Å². The van der Waals surface area contributed by atoms with E-state index in [4.69, 9.17) is 9.15 Å². The molecule has 31 heavy (non-hydrogen) atoms. The normalized spacial score (nSPS) is 20.1. The Morgan fingerprint density at radius 3 is 2.45 bits per heavy atom. The standard InChI is InChI=1S/C22H22N2O6S/c1-3-29-22(28)18-15(16-9-8-12(2)30-16)11-31-19(18)23-17(25)10-24-20(26)13-6-4-5-7-14(13)21(24)27/h4-5,8-9,11,13-14H,3,6-7,10H2,1-2H3,(H,23,25)/t13-,14-/m0/s1. The Hall–Kier alpha value is -3.20. The molecule has 2 atom stereocenters. The zero-order valence-corrected chi connectivity index (χ0v) is 18.0. The predicted octanol–water partition coefficient (Wildman–Crippen LogP) is 3.38. The second-order valence-electron chi connectivity index (χ2n) is 7.45. The topological polar surface area (TPSA) is 106 Å². The number of hydrogen-bond donors (Lipinski definition) is 1. The highest BCUT2D eigenvalue weighted by Gasteiger charge is 2.47. The molecule has 1 N–H and O–H groups in total. The van der Waals surface area contributed by atoms with Gasteiger partial charge in [-0.05, 0) is 38.8 Å². The van der Waals surface area contributed by atoms with Gasteiger partial charge >= 0.3 is 5.97 Å². The highest BCUT2D eigenvalue weighted by atomic mass is 32.1. The molecule has 2 aliphatic rings. The lowest BCUT2D eigenvalue weighted by molar-refractivity contribution is -0.142. The lowest BCUT2D eigenvalue weighted by Crippen LogP contribution is -2.38. The van der Waals surface area contributed by atoms with Crippen molar-refractivity contribution in [3.05, 3.63) is 41.0 Å². The van der Waals surface area contributed by atoms with Gasteiger partial charge in [-0.25, -0.2) is 4.79 Å². The van der Waals surface area contributed by atoms with Gasteiger partial charge in [-0.15, -0.1) is 11.3 Å². The number of fused-ring (bicyclic) bond motifs is 1. The number of anilines is 1. The van der Waals surface area contributed by atoms with Gasteiger partial charge < -0.3 is 14.5 Å². The number of ether oxygens (including phenoxy) is 1. The van der Waals surface area contributed by atoms with Crippen LogP contribution in [0.4, 0.5) is 5.00 Å². The second kappa shape index (κ2) is 8.50. The maximum atomic E-state index is 12.7. The van der Waals surface area contributed by atoms with Crippen LogP contribution in [-0.4, -0.2) is 41.7 Å². The monoisotopic (exact) mass is 442 g/mol. The van der Waals surface area contributed by atoms with E-state index in [1.807, 2.05) is 12.2 Å². The number of carbonyl (C=O) groups is 4. The van der Waals surface area contributed by atoms with Crippen molar-refractivity contribution in [2.45, 2.75) is 26.7 Å².